The normalized spacial score (nSPS) is 12.3. The molecule has 0 saturated carbocycles. The van der Waals surface area contributed by atoms with Gasteiger partial charge in [0, 0.05) is 11.7 Å². The van der Waals surface area contributed by atoms with Gasteiger partial charge in [-0.3, -0.25) is 9.59 Å². The molecule has 6 nitrogen and oxygen atoms in total. The molecular formula is C25H28N2O4S. The van der Waals surface area contributed by atoms with E-state index in [1.807, 2.05) is 37.3 Å². The molecule has 7 heteroatoms. The summed E-state index contributed by atoms with van der Waals surface area (Å²) in [5.74, 6) is -0.331. The zero-order chi connectivity index (χ0) is 23.3. The summed E-state index contributed by atoms with van der Waals surface area (Å²) in [6.45, 7) is 4.97. The molecule has 0 saturated heterocycles. The Morgan fingerprint density at radius 3 is 2.22 bits per heavy atom. The fourth-order valence-electron chi connectivity index (χ4n) is 3.71. The van der Waals surface area contributed by atoms with Gasteiger partial charge in [0.1, 0.15) is 11.4 Å². The number of amides is 1. The van der Waals surface area contributed by atoms with Crippen LogP contribution in [0, 0.1) is 13.8 Å². The monoisotopic (exact) mass is 452 g/mol. The van der Waals surface area contributed by atoms with Crippen LogP contribution in [0.5, 0.6) is 0 Å². The second kappa shape index (κ2) is 9.96. The number of aromatic nitrogens is 1. The van der Waals surface area contributed by atoms with Crippen LogP contribution < -0.4 is 10.9 Å². The topological polar surface area (TPSA) is 85.2 Å². The number of hydrogen-bond acceptors (Lipinski definition) is 4. The molecule has 2 aromatic carbocycles. The Morgan fingerprint density at radius 1 is 1.00 bits per heavy atom. The number of aryl methyl sites for hydroxylation is 3. The average molecular weight is 453 g/mol. The molecule has 0 aliphatic carbocycles. The summed E-state index contributed by atoms with van der Waals surface area (Å²) >= 11 is 0. The SMILES string of the molecule is Cc1cc(C)n(CC(=O)N[C@H](C)CCc2ccccc2)c(=O)c1S(=O)(=O)c1ccccc1. The van der Waals surface area contributed by atoms with Crippen molar-refractivity contribution < 1.29 is 13.2 Å². The smallest absolute Gasteiger partial charge is 0.270 e. The van der Waals surface area contributed by atoms with Crippen LogP contribution in [0.25, 0.3) is 0 Å². The maximum absolute atomic E-state index is 13.2. The van der Waals surface area contributed by atoms with Crippen molar-refractivity contribution in [2.75, 3.05) is 0 Å². The average Bonchev–Trinajstić information content (AvgIpc) is 2.76. The highest BCUT2D eigenvalue weighted by Crippen LogP contribution is 2.21. The minimum atomic E-state index is -4.00. The van der Waals surface area contributed by atoms with Gasteiger partial charge in [-0.05, 0) is 62.9 Å². The standard InChI is InChI=1S/C25H28N2O4S/c1-18-16-20(3)27(25(29)24(18)32(30,31)22-12-8-5-9-13-22)17-23(28)26-19(2)14-15-21-10-6-4-7-11-21/h4-13,16,19H,14-15,17H2,1-3H3,(H,26,28)/t19-/m1/s1. The molecule has 0 fully saturated rings. The number of benzene rings is 2. The molecular weight excluding hydrogens is 424 g/mol. The summed E-state index contributed by atoms with van der Waals surface area (Å²) in [5, 5.41) is 2.91. The number of nitrogens with one attached hydrogen (secondary N) is 1. The minimum Gasteiger partial charge on any atom is -0.352 e. The van der Waals surface area contributed by atoms with E-state index in [1.165, 1.54) is 22.3 Å². The lowest BCUT2D eigenvalue weighted by molar-refractivity contribution is -0.122. The van der Waals surface area contributed by atoms with Crippen LogP contribution in [0.2, 0.25) is 0 Å². The van der Waals surface area contributed by atoms with E-state index in [2.05, 4.69) is 5.32 Å². The minimum absolute atomic E-state index is 0.0505. The molecule has 1 atom stereocenters. The van der Waals surface area contributed by atoms with Gasteiger partial charge in [-0.1, -0.05) is 48.5 Å². The molecule has 0 bridgehead atoms. The van der Waals surface area contributed by atoms with Crippen LogP contribution in [0.1, 0.15) is 30.2 Å². The van der Waals surface area contributed by atoms with Gasteiger partial charge in [-0.15, -0.1) is 0 Å². The molecule has 168 valence electrons. The predicted octanol–water partition coefficient (Wildman–Crippen LogP) is 3.44. The number of rotatable bonds is 8. The summed E-state index contributed by atoms with van der Waals surface area (Å²) in [5.41, 5.74) is 1.41. The Kier molecular flexibility index (Phi) is 7.30. The molecule has 0 aliphatic heterocycles. The highest BCUT2D eigenvalue weighted by Gasteiger charge is 2.26. The first kappa shape index (κ1) is 23.5. The third-order valence-corrected chi connectivity index (χ3v) is 7.32. The highest BCUT2D eigenvalue weighted by atomic mass is 32.2. The number of hydrogen-bond donors (Lipinski definition) is 1. The van der Waals surface area contributed by atoms with E-state index < -0.39 is 15.4 Å². The third kappa shape index (κ3) is 5.34. The van der Waals surface area contributed by atoms with E-state index in [1.54, 1.807) is 38.1 Å². The van der Waals surface area contributed by atoms with Gasteiger partial charge in [0.25, 0.3) is 5.56 Å². The molecule has 3 aromatic rings. The zero-order valence-electron chi connectivity index (χ0n) is 18.5. The van der Waals surface area contributed by atoms with E-state index in [4.69, 9.17) is 0 Å². The van der Waals surface area contributed by atoms with Crippen molar-refractivity contribution in [3.63, 3.8) is 0 Å². The maximum atomic E-state index is 13.2. The second-order valence-corrected chi connectivity index (χ2v) is 9.89. The van der Waals surface area contributed by atoms with E-state index in [0.29, 0.717) is 11.3 Å². The fourth-order valence-corrected chi connectivity index (χ4v) is 5.29. The van der Waals surface area contributed by atoms with Gasteiger partial charge in [-0.2, -0.15) is 0 Å². The van der Waals surface area contributed by atoms with Gasteiger partial charge < -0.3 is 9.88 Å². The Bertz CT molecular complexity index is 1250. The van der Waals surface area contributed by atoms with Crippen molar-refractivity contribution in [3.05, 3.63) is 93.9 Å². The van der Waals surface area contributed by atoms with Crippen molar-refractivity contribution in [2.45, 2.75) is 56.0 Å². The van der Waals surface area contributed by atoms with Crippen LogP contribution in [-0.2, 0) is 27.6 Å². The number of carbonyl (C=O) groups excluding carboxylic acids is 1. The first-order valence-corrected chi connectivity index (χ1v) is 12.0. The first-order chi connectivity index (χ1) is 15.2. The molecule has 1 aromatic heterocycles. The van der Waals surface area contributed by atoms with E-state index in [9.17, 15) is 18.0 Å². The van der Waals surface area contributed by atoms with Gasteiger partial charge in [0.2, 0.25) is 15.7 Å². The van der Waals surface area contributed by atoms with Crippen LogP contribution >= 0.6 is 0 Å². The first-order valence-electron chi connectivity index (χ1n) is 10.5. The van der Waals surface area contributed by atoms with Crippen LogP contribution in [-0.4, -0.2) is 24.9 Å². The lowest BCUT2D eigenvalue weighted by Crippen LogP contribution is -2.39. The van der Waals surface area contributed by atoms with E-state index in [0.717, 1.165) is 12.8 Å². The Hall–Kier alpha value is -3.19. The molecule has 1 N–H and O–H groups in total. The highest BCUT2D eigenvalue weighted by molar-refractivity contribution is 7.91. The Morgan fingerprint density at radius 2 is 1.59 bits per heavy atom. The number of carbonyl (C=O) groups is 1. The van der Waals surface area contributed by atoms with Gasteiger partial charge in [-0.25, -0.2) is 8.42 Å². The lowest BCUT2D eigenvalue weighted by atomic mass is 10.1. The third-order valence-electron chi connectivity index (χ3n) is 5.39. The quantitative estimate of drug-likeness (QED) is 0.567. The van der Waals surface area contributed by atoms with Crippen molar-refractivity contribution in [3.8, 4) is 0 Å². The molecule has 0 spiro atoms. The molecule has 0 unspecified atom stereocenters. The van der Waals surface area contributed by atoms with Crippen molar-refractivity contribution >= 4 is 15.7 Å². The summed E-state index contributed by atoms with van der Waals surface area (Å²) in [7, 11) is -4.00. The largest absolute Gasteiger partial charge is 0.352 e. The molecule has 0 radical (unpaired) electrons. The van der Waals surface area contributed by atoms with Crippen LogP contribution in [0.3, 0.4) is 0 Å². The molecule has 1 heterocycles. The Balaban J connectivity index is 1.79. The van der Waals surface area contributed by atoms with E-state index >= 15 is 0 Å². The van der Waals surface area contributed by atoms with Gasteiger partial charge >= 0.3 is 0 Å². The maximum Gasteiger partial charge on any atom is 0.270 e. The van der Waals surface area contributed by atoms with Crippen LogP contribution in [0.4, 0.5) is 0 Å². The predicted molar refractivity (Wildman–Crippen MR) is 124 cm³/mol. The van der Waals surface area contributed by atoms with Gasteiger partial charge in [0.05, 0.1) is 4.90 Å². The van der Waals surface area contributed by atoms with Crippen molar-refractivity contribution in [1.29, 1.82) is 0 Å². The van der Waals surface area contributed by atoms with E-state index in [-0.39, 0.29) is 28.3 Å². The number of pyridine rings is 1. The zero-order valence-corrected chi connectivity index (χ0v) is 19.4. The molecule has 32 heavy (non-hydrogen) atoms. The summed E-state index contributed by atoms with van der Waals surface area (Å²) in [4.78, 5) is 25.6. The molecule has 3 rings (SSSR count). The fraction of sp³-hybridized carbons (Fsp3) is 0.280. The summed E-state index contributed by atoms with van der Waals surface area (Å²) in [6, 6.07) is 19.4. The van der Waals surface area contributed by atoms with Crippen molar-refractivity contribution in [1.82, 2.24) is 9.88 Å². The van der Waals surface area contributed by atoms with Gasteiger partial charge in [0.15, 0.2) is 0 Å². The Labute approximate surface area is 188 Å². The lowest BCUT2D eigenvalue weighted by Gasteiger charge is -2.17. The second-order valence-electron chi connectivity index (χ2n) is 8.00. The van der Waals surface area contributed by atoms with Crippen molar-refractivity contribution in [2.24, 2.45) is 0 Å². The number of nitrogens with zero attached hydrogens (tertiary/aromatic N) is 1. The summed E-state index contributed by atoms with van der Waals surface area (Å²) in [6.07, 6.45) is 1.58. The summed E-state index contributed by atoms with van der Waals surface area (Å²) < 4.78 is 27.4. The van der Waals surface area contributed by atoms with Crippen LogP contribution in [0.15, 0.2) is 81.3 Å². The number of sulfone groups is 1. The molecule has 1 amide bonds. The molecule has 0 aliphatic rings.